The van der Waals surface area contributed by atoms with E-state index in [0.717, 1.165) is 64.9 Å². The zero-order valence-corrected chi connectivity index (χ0v) is 57.4. The van der Waals surface area contributed by atoms with Crippen molar-refractivity contribution >= 4 is 75.5 Å². The van der Waals surface area contributed by atoms with E-state index in [9.17, 15) is 53.1 Å². The predicted molar refractivity (Wildman–Crippen MR) is 363 cm³/mol. The van der Waals surface area contributed by atoms with Gasteiger partial charge < -0.3 is 46.2 Å². The van der Waals surface area contributed by atoms with Gasteiger partial charge in [-0.1, -0.05) is 69.7 Å². The zero-order valence-electron chi connectivity index (χ0n) is 56.6. The number of amides is 9. The number of imide groups is 1. The number of aryl methyl sites for hydroxylation is 3. The summed E-state index contributed by atoms with van der Waals surface area (Å²) in [5.74, 6) is -3.24. The highest BCUT2D eigenvalue weighted by atomic mass is 32.1. The van der Waals surface area contributed by atoms with E-state index >= 15 is 4.39 Å². The molecule has 5 aromatic rings. The predicted octanol–water partition coefficient (Wildman–Crippen LogP) is 6.91. The van der Waals surface area contributed by atoms with Crippen LogP contribution in [-0.4, -0.2) is 150 Å². The number of nitrogens with two attached hydrogens (primary N) is 1. The largest absolute Gasteiger partial charge is 0.488 e. The summed E-state index contributed by atoms with van der Waals surface area (Å²) in [4.78, 5) is 144. The number of unbranched alkanes of at least 4 members (excludes halogenated alkanes) is 2. The van der Waals surface area contributed by atoms with Gasteiger partial charge in [0.05, 0.1) is 45.3 Å². The Morgan fingerprint density at radius 1 is 0.835 bits per heavy atom. The molecule has 1 aliphatic carbocycles. The number of hydrogen-bond donors (Lipinski definition) is 6. The van der Waals surface area contributed by atoms with Crippen LogP contribution in [0.5, 0.6) is 5.75 Å². The normalized spacial score (nSPS) is 22.5. The molecule has 23 nitrogen and oxygen atoms in total. The van der Waals surface area contributed by atoms with Crippen LogP contribution in [0.4, 0.5) is 4.39 Å². The fourth-order valence-electron chi connectivity index (χ4n) is 14.8. The number of fused-ring (bicyclic) bond motifs is 2. The van der Waals surface area contributed by atoms with E-state index in [1.54, 1.807) is 50.4 Å². The van der Waals surface area contributed by atoms with Gasteiger partial charge in [-0.2, -0.15) is 0 Å². The lowest BCUT2D eigenvalue weighted by molar-refractivity contribution is -0.144. The summed E-state index contributed by atoms with van der Waals surface area (Å²) in [6.45, 7) is 9.76. The minimum atomic E-state index is -0.991. The van der Waals surface area contributed by atoms with Crippen LogP contribution in [0.1, 0.15) is 178 Å². The standard InChI is InChI=1S/C72H94FN11O12S/c1-42(47-20-22-49(23-21-47)65-43(2)75-41-97-65)76-69(93)57-38-52(85)39-82(57)70(94)66(72(3,4)5)78-60(87)14-9-7-8-11-48-12-10-13-58(64(48)73)96-40-50(24-29-59(74)86)77-67(91)54-27-25-51-31-33-81(34-32-62(89)83(51)54)63(90)37-45-17-15-44(16-18-45)35-46-19-26-53-56(36-46)80(6)71(95)84(53)55-28-30-61(88)79-68(55)92/h10,12-13,19-23,26,36,41-42,44-45,50-52,54-55,57,66,85H,7-9,11,14-18,24-25,27-35,37-40H2,1-6H3,(H2,74,86)(H,76,93)(H,77,91)(H,78,87)(H,79,88,92)/t42-,44?,45?,50-,51+,52+,54-,55?,57-,66+/m0/s1. The molecular weight excluding hydrogens is 1260 g/mol. The van der Waals surface area contributed by atoms with Gasteiger partial charge in [-0.25, -0.2) is 14.2 Å². The van der Waals surface area contributed by atoms with Crippen molar-refractivity contribution in [1.82, 2.24) is 50.1 Å². The van der Waals surface area contributed by atoms with Gasteiger partial charge in [0.25, 0.3) is 0 Å². The van der Waals surface area contributed by atoms with Crippen molar-refractivity contribution in [2.45, 2.75) is 211 Å². The second-order valence-electron chi connectivity index (χ2n) is 28.5. The van der Waals surface area contributed by atoms with Crippen LogP contribution in [0.15, 0.2) is 71.0 Å². The van der Waals surface area contributed by atoms with E-state index < -0.39 is 77.1 Å². The number of carbonyl (C=O) groups is 9. The number of primary amides is 1. The molecule has 0 radical (unpaired) electrons. The number of aliphatic hydroxyl groups excluding tert-OH is 1. The second-order valence-corrected chi connectivity index (χ2v) is 29.3. The number of imidazole rings is 1. The Labute approximate surface area is 569 Å². The number of ether oxygens (including phenoxy) is 1. The van der Waals surface area contributed by atoms with Gasteiger partial charge in [-0.05, 0) is 155 Å². The van der Waals surface area contributed by atoms with Crippen LogP contribution in [0.25, 0.3) is 21.5 Å². The number of hydrogen-bond acceptors (Lipinski definition) is 14. The van der Waals surface area contributed by atoms with Crippen molar-refractivity contribution in [3.63, 3.8) is 0 Å². The molecule has 6 heterocycles. The van der Waals surface area contributed by atoms with Gasteiger partial charge in [0.15, 0.2) is 11.6 Å². The fourth-order valence-corrected chi connectivity index (χ4v) is 15.6. The smallest absolute Gasteiger partial charge is 0.329 e. The molecule has 0 spiro atoms. The van der Waals surface area contributed by atoms with Gasteiger partial charge in [0, 0.05) is 71.2 Å². The van der Waals surface area contributed by atoms with Crippen LogP contribution in [0.2, 0.25) is 0 Å². The number of β-amino-alcohol motifs (C(OH)–C–C–N with tert-alkyl or cyclic N) is 1. The Morgan fingerprint density at radius 3 is 2.29 bits per heavy atom. The molecule has 2 aromatic heterocycles. The number of benzene rings is 3. The molecule has 5 aliphatic rings. The third kappa shape index (κ3) is 17.3. The number of nitrogens with zero attached hydrogens (tertiary/aromatic N) is 6. The van der Waals surface area contributed by atoms with Crippen LogP contribution in [0.3, 0.4) is 0 Å². The van der Waals surface area contributed by atoms with Crippen molar-refractivity contribution in [2.75, 3.05) is 26.2 Å². The number of nitrogens with one attached hydrogen (secondary N) is 4. The number of aliphatic hydroxyl groups is 1. The first kappa shape index (κ1) is 71.5. The monoisotopic (exact) mass is 1360 g/mol. The summed E-state index contributed by atoms with van der Waals surface area (Å²) in [6.07, 6.45) is 7.99. The van der Waals surface area contributed by atoms with Gasteiger partial charge in [0.1, 0.15) is 30.8 Å². The van der Waals surface area contributed by atoms with Crippen LogP contribution >= 0.6 is 11.3 Å². The van der Waals surface area contributed by atoms with E-state index in [1.807, 2.05) is 77.1 Å². The van der Waals surface area contributed by atoms with Crippen molar-refractivity contribution in [2.24, 2.45) is 30.0 Å². The number of piperidine rings is 1. The van der Waals surface area contributed by atoms with E-state index in [0.29, 0.717) is 74.9 Å². The molecule has 7 N–H and O–H groups in total. The topological polar surface area (TPSA) is 307 Å². The maximum atomic E-state index is 16.1. The number of carbonyl (C=O) groups excluding carboxylic acids is 9. The fraction of sp³-hybridized carbons (Fsp3) is 0.569. The van der Waals surface area contributed by atoms with E-state index in [1.165, 1.54) is 15.5 Å². The molecule has 4 saturated heterocycles. The van der Waals surface area contributed by atoms with Crippen molar-refractivity contribution in [3.05, 3.63) is 105 Å². The van der Waals surface area contributed by atoms with Gasteiger partial charge in [-0.15, -0.1) is 11.3 Å². The summed E-state index contributed by atoms with van der Waals surface area (Å²) < 4.78 is 25.2. The Kier molecular flexibility index (Phi) is 23.2. The molecule has 522 valence electrons. The molecule has 25 heteroatoms. The first-order valence-electron chi connectivity index (χ1n) is 34.5. The van der Waals surface area contributed by atoms with Crippen molar-refractivity contribution in [1.29, 1.82) is 0 Å². The van der Waals surface area contributed by atoms with Crippen LogP contribution < -0.4 is 37.4 Å². The average Bonchev–Trinajstić information content (AvgIpc) is 1.60. The lowest BCUT2D eigenvalue weighted by Gasteiger charge is -2.36. The summed E-state index contributed by atoms with van der Waals surface area (Å²) in [5.41, 5.74) is 12.0. The van der Waals surface area contributed by atoms with E-state index in [4.69, 9.17) is 10.5 Å². The molecule has 1 saturated carbocycles. The molecule has 0 bridgehead atoms. The summed E-state index contributed by atoms with van der Waals surface area (Å²) in [5, 5.41) is 22.0. The third-order valence-corrected chi connectivity index (χ3v) is 21.4. The molecule has 3 aromatic carbocycles. The summed E-state index contributed by atoms with van der Waals surface area (Å²) >= 11 is 1.56. The minimum absolute atomic E-state index is 0.0236. The Hall–Kier alpha value is -8.32. The van der Waals surface area contributed by atoms with Crippen molar-refractivity contribution in [3.8, 4) is 16.2 Å². The quantitative estimate of drug-likeness (QED) is 0.0256. The number of aromatic nitrogens is 3. The molecule has 10 rings (SSSR count). The highest BCUT2D eigenvalue weighted by Gasteiger charge is 2.46. The number of thiazole rings is 1. The number of halogens is 1. The molecule has 4 aliphatic heterocycles. The molecule has 97 heavy (non-hydrogen) atoms. The van der Waals surface area contributed by atoms with Crippen molar-refractivity contribution < 1.29 is 57.4 Å². The Morgan fingerprint density at radius 2 is 1.58 bits per heavy atom. The maximum Gasteiger partial charge on any atom is 0.329 e. The van der Waals surface area contributed by atoms with Gasteiger partial charge in [0.2, 0.25) is 53.2 Å². The number of rotatable bonds is 25. The first-order valence-corrected chi connectivity index (χ1v) is 35.4. The highest BCUT2D eigenvalue weighted by Crippen LogP contribution is 2.37. The average molecular weight is 1360 g/mol. The molecule has 8 atom stereocenters. The molecular formula is C72H94FN11O12S. The van der Waals surface area contributed by atoms with Gasteiger partial charge in [-0.3, -0.25) is 57.6 Å². The minimum Gasteiger partial charge on any atom is -0.488 e. The molecule has 1 unspecified atom stereocenters. The van der Waals surface area contributed by atoms with E-state index in [-0.39, 0.29) is 118 Å². The summed E-state index contributed by atoms with van der Waals surface area (Å²) in [6, 6.07) is 13.7. The Balaban J connectivity index is 0.647. The first-order chi connectivity index (χ1) is 46.3. The Bertz CT molecular complexity index is 3800. The SMILES string of the molecule is Cc1ncsc1-c1ccc([C@H](C)NC(=O)[C@@H]2C[C@@H](O)CN2C(=O)[C@@H](NC(=O)CCCCCc2cccc(OC[C@H](CCC(N)=O)NC(=O)[C@@H]3CC[C@@H]4CCN(C(=O)CC5CCC(Cc6ccc7c(c6)n(C)c(=O)n7C6CCC(=O)NC6=O)CC5)CCC(=O)N43)c2F)C(C)(C)C)cc1. The summed E-state index contributed by atoms with van der Waals surface area (Å²) in [7, 11) is 1.69. The van der Waals surface area contributed by atoms with Crippen LogP contribution in [-0.2, 0) is 63.0 Å². The lowest BCUT2D eigenvalue weighted by Crippen LogP contribution is -2.57. The number of likely N-dealkylation sites (tertiary alicyclic amines) is 1. The highest BCUT2D eigenvalue weighted by molar-refractivity contribution is 7.13. The molecule has 9 amide bonds. The maximum absolute atomic E-state index is 16.1. The van der Waals surface area contributed by atoms with Gasteiger partial charge >= 0.3 is 5.69 Å². The lowest BCUT2D eigenvalue weighted by atomic mass is 9.78. The van der Waals surface area contributed by atoms with E-state index in [2.05, 4.69) is 26.3 Å². The van der Waals surface area contributed by atoms with Crippen LogP contribution in [0, 0.1) is 30.0 Å². The molecule has 5 fully saturated rings. The third-order valence-electron chi connectivity index (χ3n) is 20.4. The second kappa shape index (κ2) is 31.5. The zero-order chi connectivity index (χ0) is 69.4.